The summed E-state index contributed by atoms with van der Waals surface area (Å²) in [5.74, 6) is -5.00. The van der Waals surface area contributed by atoms with Gasteiger partial charge in [0.05, 0.1) is 177 Å². The predicted octanol–water partition coefficient (Wildman–Crippen LogP) is 3.51. The summed E-state index contributed by atoms with van der Waals surface area (Å²) < 4.78 is 112. The van der Waals surface area contributed by atoms with Gasteiger partial charge < -0.3 is 71.3 Å². The summed E-state index contributed by atoms with van der Waals surface area (Å²) in [6.45, 7) is 13.9. The van der Waals surface area contributed by atoms with Gasteiger partial charge in [-0.1, -0.05) is 5.21 Å². The third-order valence-electron chi connectivity index (χ3n) is 10.1. The molecule has 0 amide bonds. The number of hydrogen-bond donors (Lipinski definition) is 0. The van der Waals surface area contributed by atoms with E-state index in [0.29, 0.717) is 170 Å². The lowest BCUT2D eigenvalue weighted by atomic mass is 9.94. The smallest absolute Gasteiger partial charge is 0.313 e. The van der Waals surface area contributed by atoms with Crippen LogP contribution < -0.4 is 4.74 Å². The van der Waals surface area contributed by atoms with Crippen LogP contribution in [-0.4, -0.2) is 210 Å². The first-order valence-corrected chi connectivity index (χ1v) is 23.8. The van der Waals surface area contributed by atoms with E-state index in [1.807, 2.05) is 10.9 Å². The molecule has 0 radical (unpaired) electrons. The number of likely N-dealkylation sites (tertiary alicyclic amines) is 1. The number of aldehydes is 1. The molecule has 2 heterocycles. The van der Waals surface area contributed by atoms with Crippen molar-refractivity contribution in [2.45, 2.75) is 51.5 Å². The highest BCUT2D eigenvalue weighted by Gasteiger charge is 2.19. The zero-order chi connectivity index (χ0) is 48.4. The minimum Gasteiger partial charge on any atom is -0.420 e. The Morgan fingerprint density at radius 2 is 0.956 bits per heavy atom. The molecule has 0 aliphatic carbocycles. The molecule has 2 aromatic rings. The second-order valence-electron chi connectivity index (χ2n) is 15.4. The Morgan fingerprint density at radius 1 is 0.559 bits per heavy atom. The van der Waals surface area contributed by atoms with Crippen LogP contribution in [0.25, 0.3) is 0 Å². The lowest BCUT2D eigenvalue weighted by Gasteiger charge is -2.31. The van der Waals surface area contributed by atoms with Crippen LogP contribution in [0, 0.1) is 23.4 Å². The van der Waals surface area contributed by atoms with Crippen molar-refractivity contribution in [2.24, 2.45) is 5.92 Å². The third-order valence-corrected chi connectivity index (χ3v) is 10.1. The minimum atomic E-state index is -1.30. The quantitative estimate of drug-likeness (QED) is 0.0405. The molecule has 0 bridgehead atoms. The molecule has 3 rings (SSSR count). The van der Waals surface area contributed by atoms with Gasteiger partial charge in [-0.15, -0.1) is 5.10 Å². The molecule has 0 spiro atoms. The van der Waals surface area contributed by atoms with Gasteiger partial charge in [0, 0.05) is 24.8 Å². The van der Waals surface area contributed by atoms with Crippen LogP contribution in [0.3, 0.4) is 0 Å². The summed E-state index contributed by atoms with van der Waals surface area (Å²) in [6.07, 6.45) is 8.95. The van der Waals surface area contributed by atoms with Gasteiger partial charge in [0.2, 0.25) is 5.75 Å². The number of ether oxygens (including phenoxy) is 13. The summed E-state index contributed by atoms with van der Waals surface area (Å²) in [4.78, 5) is 24.9. The molecule has 1 aromatic heterocycles. The lowest BCUT2D eigenvalue weighted by molar-refractivity contribution is -0.136. The molecule has 68 heavy (non-hydrogen) atoms. The van der Waals surface area contributed by atoms with Crippen molar-refractivity contribution in [3.63, 3.8) is 0 Å². The van der Waals surface area contributed by atoms with Gasteiger partial charge in [-0.25, -0.2) is 17.9 Å². The second-order valence-corrected chi connectivity index (χ2v) is 15.4. The van der Waals surface area contributed by atoms with Crippen molar-refractivity contribution >= 4 is 12.3 Å². The van der Waals surface area contributed by atoms with Crippen LogP contribution in [0.2, 0.25) is 0 Å². The number of aryl methyl sites for hydroxylation is 1. The van der Waals surface area contributed by atoms with Crippen molar-refractivity contribution in [2.75, 3.05) is 178 Å². The number of benzene rings is 1. The molecule has 22 heteroatoms. The van der Waals surface area contributed by atoms with Gasteiger partial charge in [-0.3, -0.25) is 4.79 Å². The molecule has 0 N–H and O–H groups in total. The number of carbonyl (C=O) groups excluding carboxylic acids is 2. The summed E-state index contributed by atoms with van der Waals surface area (Å²) in [7, 11) is 0. The molecule has 1 aliphatic heterocycles. The maximum absolute atomic E-state index is 13.5. The van der Waals surface area contributed by atoms with E-state index < -0.39 is 29.2 Å². The largest absolute Gasteiger partial charge is 0.420 e. The van der Waals surface area contributed by atoms with Crippen molar-refractivity contribution < 1.29 is 84.3 Å². The molecule has 1 aromatic carbocycles. The molecular formula is C46H75F3N4O15. The zero-order valence-electron chi connectivity index (χ0n) is 39.7. The molecule has 0 atom stereocenters. The average molecular weight is 981 g/mol. The average Bonchev–Trinajstić information content (AvgIpc) is 3.79. The summed E-state index contributed by atoms with van der Waals surface area (Å²) in [5, 5.41) is 8.51. The van der Waals surface area contributed by atoms with Gasteiger partial charge in [0.15, 0.2) is 11.6 Å². The van der Waals surface area contributed by atoms with E-state index in [1.165, 1.54) is 0 Å². The standard InChI is InChI=1S/C46H75F3N4O15/c47-41-37-43(48)46(44(49)38-41)68-45(55)7-13-56-15-17-58-19-21-60-23-25-62-27-29-64-31-33-66-35-36-67-34-32-65-30-28-63-26-24-61-22-20-59-18-16-57-14-11-53-39-42(50-51-53)3-1-2-8-52-9-4-40(5-10-52)6-12-54/h12,37-40H,1-11,13-36H2. The molecular weight excluding hydrogens is 906 g/mol. The van der Waals surface area contributed by atoms with E-state index in [1.54, 1.807) is 0 Å². The zero-order valence-corrected chi connectivity index (χ0v) is 39.7. The van der Waals surface area contributed by atoms with E-state index in [9.17, 15) is 22.8 Å². The van der Waals surface area contributed by atoms with Crippen LogP contribution in [0.4, 0.5) is 13.2 Å². The first-order chi connectivity index (χ1) is 33.4. The van der Waals surface area contributed by atoms with Crippen LogP contribution in [0.15, 0.2) is 18.3 Å². The summed E-state index contributed by atoms with van der Waals surface area (Å²) >= 11 is 0. The Morgan fingerprint density at radius 3 is 1.37 bits per heavy atom. The number of halogens is 3. The molecule has 1 aliphatic rings. The van der Waals surface area contributed by atoms with Gasteiger partial charge in [-0.05, 0) is 57.7 Å². The van der Waals surface area contributed by atoms with Gasteiger partial charge in [0.25, 0.3) is 0 Å². The number of unbranched alkanes of at least 4 members (excludes halogenated alkanes) is 1. The molecule has 1 fully saturated rings. The Labute approximate surface area is 398 Å². The van der Waals surface area contributed by atoms with Gasteiger partial charge in [0.1, 0.15) is 12.1 Å². The highest BCUT2D eigenvalue weighted by atomic mass is 19.1. The van der Waals surface area contributed by atoms with E-state index in [2.05, 4.69) is 19.9 Å². The Bertz CT molecular complexity index is 1510. The van der Waals surface area contributed by atoms with Crippen molar-refractivity contribution in [3.05, 3.63) is 41.5 Å². The SMILES string of the molecule is O=CCC1CCN(CCCCc2cn(CCOCCOCCOCCOCCOCCOCCOCCOCCOCCOCCOCCOCCC(=O)Oc3c(F)cc(F)cc3F)nn2)CC1. The predicted molar refractivity (Wildman–Crippen MR) is 239 cm³/mol. The van der Waals surface area contributed by atoms with Crippen LogP contribution in [-0.2, 0) is 79.4 Å². The maximum atomic E-state index is 13.5. The van der Waals surface area contributed by atoms with Crippen molar-refractivity contribution in [1.82, 2.24) is 19.9 Å². The van der Waals surface area contributed by atoms with E-state index in [4.69, 9.17) is 56.8 Å². The Balaban J connectivity index is 0.908. The second kappa shape index (κ2) is 41.5. The Hall–Kier alpha value is -3.23. The number of esters is 1. The fraction of sp³-hybridized carbons (Fsp3) is 0.783. The van der Waals surface area contributed by atoms with E-state index in [-0.39, 0.29) is 26.2 Å². The third kappa shape index (κ3) is 31.8. The molecule has 19 nitrogen and oxygen atoms in total. The molecule has 0 saturated carbocycles. The number of carbonyl (C=O) groups is 2. The first kappa shape index (κ1) is 59.1. The minimum absolute atomic E-state index is 0.0396. The molecule has 390 valence electrons. The van der Waals surface area contributed by atoms with Crippen molar-refractivity contribution in [3.8, 4) is 5.75 Å². The van der Waals surface area contributed by atoms with E-state index in [0.717, 1.165) is 63.7 Å². The number of rotatable bonds is 47. The van der Waals surface area contributed by atoms with Crippen molar-refractivity contribution in [1.29, 1.82) is 0 Å². The monoisotopic (exact) mass is 981 g/mol. The maximum Gasteiger partial charge on any atom is 0.313 e. The molecule has 0 unspecified atom stereocenters. The Kier molecular flexibility index (Phi) is 36.1. The normalized spacial score (nSPS) is 13.5. The first-order valence-electron chi connectivity index (χ1n) is 23.8. The lowest BCUT2D eigenvalue weighted by Crippen LogP contribution is -2.34. The fourth-order valence-electron chi connectivity index (χ4n) is 6.41. The topological polar surface area (TPSA) is 188 Å². The number of piperidine rings is 1. The number of nitrogens with zero attached hydrogens (tertiary/aromatic N) is 4. The van der Waals surface area contributed by atoms with Gasteiger partial charge in [-0.2, -0.15) is 0 Å². The highest BCUT2D eigenvalue weighted by molar-refractivity contribution is 5.72. The highest BCUT2D eigenvalue weighted by Crippen LogP contribution is 2.23. The number of hydrogen-bond acceptors (Lipinski definition) is 18. The van der Waals surface area contributed by atoms with Gasteiger partial charge >= 0.3 is 5.97 Å². The van der Waals surface area contributed by atoms with E-state index >= 15 is 0 Å². The molecule has 1 saturated heterocycles. The van der Waals surface area contributed by atoms with Crippen LogP contribution >= 0.6 is 0 Å². The van der Waals surface area contributed by atoms with Crippen LogP contribution in [0.1, 0.15) is 44.2 Å². The van der Waals surface area contributed by atoms with Crippen LogP contribution in [0.5, 0.6) is 5.75 Å². The number of aromatic nitrogens is 3. The summed E-state index contributed by atoms with van der Waals surface area (Å²) in [6, 6.07) is 0.851. The fourth-order valence-corrected chi connectivity index (χ4v) is 6.41. The summed E-state index contributed by atoms with van der Waals surface area (Å²) in [5.41, 5.74) is 1.01.